The summed E-state index contributed by atoms with van der Waals surface area (Å²) in [5.41, 5.74) is 1.16. The second-order valence-corrected chi connectivity index (χ2v) is 4.15. The van der Waals surface area contributed by atoms with Crippen molar-refractivity contribution in [3.8, 4) is 18.1 Å². The maximum absolute atomic E-state index is 6.12. The predicted octanol–water partition coefficient (Wildman–Crippen LogP) is 3.24. The Morgan fingerprint density at radius 2 is 2.29 bits per heavy atom. The number of hydrogen-bond acceptors (Lipinski definition) is 2. The summed E-state index contributed by atoms with van der Waals surface area (Å²) in [4.78, 5) is 0. The van der Waals surface area contributed by atoms with Crippen LogP contribution in [0.4, 0.5) is 0 Å². The maximum Gasteiger partial charge on any atom is 0.137 e. The highest BCUT2D eigenvalue weighted by molar-refractivity contribution is 6.32. The Labute approximate surface area is 108 Å². The highest BCUT2D eigenvalue weighted by Gasteiger charge is 2.02. The van der Waals surface area contributed by atoms with E-state index in [0.29, 0.717) is 23.8 Å². The van der Waals surface area contributed by atoms with Crippen molar-refractivity contribution in [3.05, 3.63) is 28.8 Å². The Morgan fingerprint density at radius 3 is 2.94 bits per heavy atom. The molecule has 0 aliphatic heterocycles. The standard InChI is InChI=1S/C14H18ClNO/c1-3-5-9-17-14-7-6-12(10-13(14)15)11-16-8-4-2/h1,6-7,10,16H,4-5,8-9,11H2,2H3. The molecule has 3 heteroatoms. The lowest BCUT2D eigenvalue weighted by Gasteiger charge is -2.09. The second kappa shape index (κ2) is 8.00. The molecule has 0 spiro atoms. The zero-order chi connectivity index (χ0) is 12.5. The molecule has 0 radical (unpaired) electrons. The fourth-order valence-corrected chi connectivity index (χ4v) is 1.66. The van der Waals surface area contributed by atoms with Gasteiger partial charge >= 0.3 is 0 Å². The lowest BCUT2D eigenvalue weighted by atomic mass is 10.2. The summed E-state index contributed by atoms with van der Waals surface area (Å²) < 4.78 is 5.46. The largest absolute Gasteiger partial charge is 0.491 e. The summed E-state index contributed by atoms with van der Waals surface area (Å²) >= 11 is 6.12. The monoisotopic (exact) mass is 251 g/mol. The van der Waals surface area contributed by atoms with Crippen molar-refractivity contribution >= 4 is 11.6 Å². The Hall–Kier alpha value is -1.17. The fraction of sp³-hybridized carbons (Fsp3) is 0.429. The molecule has 1 aromatic carbocycles. The minimum atomic E-state index is 0.504. The number of terminal acetylenes is 1. The Bertz CT molecular complexity index is 384. The van der Waals surface area contributed by atoms with Crippen LogP contribution in [0.25, 0.3) is 0 Å². The van der Waals surface area contributed by atoms with E-state index in [2.05, 4.69) is 18.2 Å². The second-order valence-electron chi connectivity index (χ2n) is 3.74. The highest BCUT2D eigenvalue weighted by Crippen LogP contribution is 2.25. The van der Waals surface area contributed by atoms with Gasteiger partial charge in [0.25, 0.3) is 0 Å². The molecular formula is C14H18ClNO. The summed E-state index contributed by atoms with van der Waals surface area (Å²) in [5.74, 6) is 3.22. The molecular weight excluding hydrogens is 234 g/mol. The van der Waals surface area contributed by atoms with E-state index < -0.39 is 0 Å². The quantitative estimate of drug-likeness (QED) is 0.593. The zero-order valence-corrected chi connectivity index (χ0v) is 10.9. The third kappa shape index (κ3) is 5.12. The molecule has 92 valence electrons. The molecule has 0 fully saturated rings. The van der Waals surface area contributed by atoms with Gasteiger partial charge in [0, 0.05) is 13.0 Å². The number of rotatable bonds is 7. The van der Waals surface area contributed by atoms with Gasteiger partial charge in [-0.3, -0.25) is 0 Å². The number of nitrogens with one attached hydrogen (secondary N) is 1. The van der Waals surface area contributed by atoms with Crippen LogP contribution in [0, 0.1) is 12.3 Å². The van der Waals surface area contributed by atoms with Crippen LogP contribution in [0.2, 0.25) is 5.02 Å². The molecule has 0 bridgehead atoms. The summed E-state index contributed by atoms with van der Waals surface area (Å²) in [5, 5.41) is 3.96. The first-order valence-corrected chi connectivity index (χ1v) is 6.21. The third-order valence-corrected chi connectivity index (χ3v) is 2.55. The first kappa shape index (κ1) is 13.9. The summed E-state index contributed by atoms with van der Waals surface area (Å²) in [7, 11) is 0. The molecule has 0 aliphatic rings. The van der Waals surface area contributed by atoms with Gasteiger partial charge in [-0.2, -0.15) is 0 Å². The minimum absolute atomic E-state index is 0.504. The Morgan fingerprint density at radius 1 is 1.47 bits per heavy atom. The fourth-order valence-electron chi connectivity index (χ4n) is 1.40. The van der Waals surface area contributed by atoms with Crippen molar-refractivity contribution in [1.29, 1.82) is 0 Å². The van der Waals surface area contributed by atoms with E-state index in [1.165, 1.54) is 0 Å². The van der Waals surface area contributed by atoms with Crippen molar-refractivity contribution < 1.29 is 4.74 Å². The number of halogens is 1. The van der Waals surface area contributed by atoms with E-state index in [4.69, 9.17) is 22.8 Å². The molecule has 0 aromatic heterocycles. The van der Waals surface area contributed by atoms with Crippen molar-refractivity contribution in [3.63, 3.8) is 0 Å². The lowest BCUT2D eigenvalue weighted by Crippen LogP contribution is -2.13. The van der Waals surface area contributed by atoms with Gasteiger partial charge in [-0.15, -0.1) is 12.3 Å². The molecule has 0 saturated carbocycles. The molecule has 0 saturated heterocycles. The van der Waals surface area contributed by atoms with Gasteiger partial charge in [-0.05, 0) is 30.7 Å². The first-order chi connectivity index (χ1) is 8.27. The van der Waals surface area contributed by atoms with Gasteiger partial charge in [0.1, 0.15) is 5.75 Å². The molecule has 1 N–H and O–H groups in total. The van der Waals surface area contributed by atoms with Crippen LogP contribution in [0.15, 0.2) is 18.2 Å². The van der Waals surface area contributed by atoms with E-state index in [1.807, 2.05) is 18.2 Å². The van der Waals surface area contributed by atoms with Gasteiger partial charge in [0.2, 0.25) is 0 Å². The number of ether oxygens (including phenoxy) is 1. The van der Waals surface area contributed by atoms with E-state index in [9.17, 15) is 0 Å². The highest BCUT2D eigenvalue weighted by atomic mass is 35.5. The molecule has 0 unspecified atom stereocenters. The predicted molar refractivity (Wildman–Crippen MR) is 72.4 cm³/mol. The van der Waals surface area contributed by atoms with E-state index in [1.54, 1.807) is 0 Å². The number of benzene rings is 1. The molecule has 0 amide bonds. The van der Waals surface area contributed by atoms with Crippen LogP contribution in [0.1, 0.15) is 25.3 Å². The summed E-state index contributed by atoms with van der Waals surface area (Å²) in [6, 6.07) is 5.83. The molecule has 1 rings (SSSR count). The van der Waals surface area contributed by atoms with Crippen LogP contribution >= 0.6 is 11.6 Å². The summed E-state index contributed by atoms with van der Waals surface area (Å²) in [6.07, 6.45) is 6.87. The van der Waals surface area contributed by atoms with Crippen LogP contribution in [0.3, 0.4) is 0 Å². The van der Waals surface area contributed by atoms with Gasteiger partial charge in [-0.1, -0.05) is 24.6 Å². The zero-order valence-electron chi connectivity index (χ0n) is 10.1. The number of hydrogen-bond donors (Lipinski definition) is 1. The van der Waals surface area contributed by atoms with Crippen molar-refractivity contribution in [2.45, 2.75) is 26.3 Å². The average molecular weight is 252 g/mol. The normalized spacial score (nSPS) is 9.94. The van der Waals surface area contributed by atoms with Crippen LogP contribution in [-0.2, 0) is 6.54 Å². The van der Waals surface area contributed by atoms with Crippen LogP contribution in [0.5, 0.6) is 5.75 Å². The molecule has 2 nitrogen and oxygen atoms in total. The first-order valence-electron chi connectivity index (χ1n) is 5.83. The van der Waals surface area contributed by atoms with Crippen molar-refractivity contribution in [2.75, 3.05) is 13.2 Å². The molecule has 0 heterocycles. The molecule has 0 atom stereocenters. The molecule has 1 aromatic rings. The summed E-state index contributed by atoms with van der Waals surface area (Å²) in [6.45, 7) is 4.49. The average Bonchev–Trinajstić information content (AvgIpc) is 2.32. The Kier molecular flexibility index (Phi) is 6.54. The lowest BCUT2D eigenvalue weighted by molar-refractivity contribution is 0.327. The van der Waals surface area contributed by atoms with Gasteiger partial charge < -0.3 is 10.1 Å². The maximum atomic E-state index is 6.12. The Balaban J connectivity index is 2.51. The van der Waals surface area contributed by atoms with E-state index >= 15 is 0 Å². The minimum Gasteiger partial charge on any atom is -0.491 e. The third-order valence-electron chi connectivity index (χ3n) is 2.26. The van der Waals surface area contributed by atoms with Crippen molar-refractivity contribution in [2.24, 2.45) is 0 Å². The van der Waals surface area contributed by atoms with E-state index in [0.717, 1.165) is 25.1 Å². The van der Waals surface area contributed by atoms with Gasteiger partial charge in [-0.25, -0.2) is 0 Å². The molecule has 17 heavy (non-hydrogen) atoms. The van der Waals surface area contributed by atoms with Crippen LogP contribution < -0.4 is 10.1 Å². The topological polar surface area (TPSA) is 21.3 Å². The SMILES string of the molecule is C#CCCOc1ccc(CNCCC)cc1Cl. The van der Waals surface area contributed by atoms with Gasteiger partial charge in [0.15, 0.2) is 0 Å². The van der Waals surface area contributed by atoms with Crippen molar-refractivity contribution in [1.82, 2.24) is 5.32 Å². The van der Waals surface area contributed by atoms with Gasteiger partial charge in [0.05, 0.1) is 11.6 Å². The van der Waals surface area contributed by atoms with E-state index in [-0.39, 0.29) is 0 Å². The smallest absolute Gasteiger partial charge is 0.137 e. The van der Waals surface area contributed by atoms with Crippen LogP contribution in [-0.4, -0.2) is 13.2 Å². The molecule has 0 aliphatic carbocycles.